The third-order valence-electron chi connectivity index (χ3n) is 3.64. The molecular weight excluding hydrogens is 260 g/mol. The monoisotopic (exact) mass is 280 g/mol. The Morgan fingerprint density at radius 3 is 2.80 bits per heavy atom. The quantitative estimate of drug-likeness (QED) is 0.738. The van der Waals surface area contributed by atoms with Crippen LogP contribution in [0.1, 0.15) is 47.2 Å². The summed E-state index contributed by atoms with van der Waals surface area (Å²) in [6.45, 7) is 4.67. The third kappa shape index (κ3) is 3.36. The molecule has 1 aliphatic rings. The minimum absolute atomic E-state index is 0.0663. The predicted molar refractivity (Wildman–Crippen MR) is 72.8 cm³/mol. The zero-order valence-electron chi connectivity index (χ0n) is 11.6. The molecular formula is C13H20N4O3. The first-order valence-electron chi connectivity index (χ1n) is 6.88. The van der Waals surface area contributed by atoms with Gasteiger partial charge in [-0.15, -0.1) is 0 Å². The minimum atomic E-state index is -1.18. The molecule has 3 N–H and O–H groups in total. The van der Waals surface area contributed by atoms with E-state index in [9.17, 15) is 9.59 Å². The van der Waals surface area contributed by atoms with Crippen molar-refractivity contribution in [1.82, 2.24) is 20.2 Å². The lowest BCUT2D eigenvalue weighted by Crippen LogP contribution is -2.44. The summed E-state index contributed by atoms with van der Waals surface area (Å²) < 4.78 is 0. The number of amides is 1. The molecule has 2 heterocycles. The second-order valence-electron chi connectivity index (χ2n) is 5.09. The topological polar surface area (TPSA) is 98.3 Å². The maximum Gasteiger partial charge on any atom is 0.354 e. The number of nitrogens with zero attached hydrogens (tertiary/aromatic N) is 2. The first kappa shape index (κ1) is 14.5. The van der Waals surface area contributed by atoms with Crippen LogP contribution in [0.2, 0.25) is 0 Å². The van der Waals surface area contributed by atoms with Crippen molar-refractivity contribution in [3.8, 4) is 0 Å². The molecule has 1 atom stereocenters. The Morgan fingerprint density at radius 1 is 1.45 bits per heavy atom. The van der Waals surface area contributed by atoms with Gasteiger partial charge in [0.15, 0.2) is 11.4 Å². The number of hydrogen-bond donors (Lipinski definition) is 3. The van der Waals surface area contributed by atoms with Crippen LogP contribution in [-0.2, 0) is 0 Å². The van der Waals surface area contributed by atoms with Gasteiger partial charge in [0.1, 0.15) is 0 Å². The average molecular weight is 280 g/mol. The van der Waals surface area contributed by atoms with Crippen LogP contribution in [0, 0.1) is 0 Å². The Labute approximate surface area is 117 Å². The molecule has 0 saturated carbocycles. The van der Waals surface area contributed by atoms with E-state index in [2.05, 4.69) is 27.1 Å². The summed E-state index contributed by atoms with van der Waals surface area (Å²) in [6.07, 6.45) is 4.87. The van der Waals surface area contributed by atoms with Crippen LogP contribution >= 0.6 is 0 Å². The summed E-state index contributed by atoms with van der Waals surface area (Å²) in [6, 6.07) is 0.242. The van der Waals surface area contributed by atoms with Gasteiger partial charge in [-0.3, -0.25) is 9.69 Å². The Kier molecular flexibility index (Phi) is 4.73. The van der Waals surface area contributed by atoms with E-state index in [1.54, 1.807) is 0 Å². The molecule has 1 aromatic rings. The molecule has 1 amide bonds. The number of hydrogen-bond acceptors (Lipinski definition) is 4. The Morgan fingerprint density at radius 2 is 2.15 bits per heavy atom. The number of carboxylic acid groups (broad SMARTS) is 1. The van der Waals surface area contributed by atoms with Gasteiger partial charge in [0.2, 0.25) is 0 Å². The number of aromatic amines is 1. The number of carbonyl (C=O) groups excluding carboxylic acids is 1. The third-order valence-corrected chi connectivity index (χ3v) is 3.64. The summed E-state index contributed by atoms with van der Waals surface area (Å²) >= 11 is 0. The lowest BCUT2D eigenvalue weighted by molar-refractivity contribution is 0.0684. The van der Waals surface area contributed by atoms with Gasteiger partial charge < -0.3 is 15.4 Å². The van der Waals surface area contributed by atoms with Crippen molar-refractivity contribution >= 4 is 11.9 Å². The van der Waals surface area contributed by atoms with E-state index >= 15 is 0 Å². The van der Waals surface area contributed by atoms with Gasteiger partial charge in [0, 0.05) is 12.6 Å². The lowest BCUT2D eigenvalue weighted by Gasteiger charge is -2.32. The standard InChI is InChI=1S/C13H20N4O3/c1-9(17-5-3-2-4-6-17)7-14-12(18)10-11(13(19)20)16-8-15-10/h8-9H,2-7H2,1H3,(H,14,18)(H,15,16)(H,19,20). The molecule has 0 aromatic carbocycles. The van der Waals surface area contributed by atoms with Crippen LogP contribution in [-0.4, -0.2) is 57.5 Å². The molecule has 2 rings (SSSR count). The van der Waals surface area contributed by atoms with Crippen molar-refractivity contribution in [3.05, 3.63) is 17.7 Å². The second kappa shape index (κ2) is 6.51. The molecule has 1 saturated heterocycles. The second-order valence-corrected chi connectivity index (χ2v) is 5.09. The fraction of sp³-hybridized carbons (Fsp3) is 0.615. The van der Waals surface area contributed by atoms with Crippen molar-refractivity contribution in [2.24, 2.45) is 0 Å². The molecule has 1 aliphatic heterocycles. The van der Waals surface area contributed by atoms with Gasteiger partial charge in [-0.05, 0) is 32.9 Å². The number of H-pyrrole nitrogens is 1. The van der Waals surface area contributed by atoms with E-state index in [0.29, 0.717) is 6.54 Å². The number of likely N-dealkylation sites (tertiary alicyclic amines) is 1. The van der Waals surface area contributed by atoms with Crippen LogP contribution in [0.15, 0.2) is 6.33 Å². The van der Waals surface area contributed by atoms with E-state index in [4.69, 9.17) is 5.11 Å². The highest BCUT2D eigenvalue weighted by Crippen LogP contribution is 2.11. The Hall–Kier alpha value is -1.89. The Bertz CT molecular complexity index is 480. The molecule has 7 nitrogen and oxygen atoms in total. The molecule has 7 heteroatoms. The molecule has 0 radical (unpaired) electrons. The fourth-order valence-corrected chi connectivity index (χ4v) is 2.44. The summed E-state index contributed by atoms with van der Waals surface area (Å²) in [4.78, 5) is 31.4. The van der Waals surface area contributed by atoms with E-state index in [1.807, 2.05) is 0 Å². The van der Waals surface area contributed by atoms with Crippen molar-refractivity contribution < 1.29 is 14.7 Å². The molecule has 1 fully saturated rings. The highest BCUT2D eigenvalue weighted by atomic mass is 16.4. The van der Waals surface area contributed by atoms with Gasteiger partial charge in [0.25, 0.3) is 5.91 Å². The fourth-order valence-electron chi connectivity index (χ4n) is 2.44. The first-order valence-corrected chi connectivity index (χ1v) is 6.88. The summed E-state index contributed by atoms with van der Waals surface area (Å²) in [5, 5.41) is 11.7. The van der Waals surface area contributed by atoms with E-state index < -0.39 is 11.9 Å². The number of aromatic nitrogens is 2. The zero-order valence-corrected chi connectivity index (χ0v) is 11.6. The van der Waals surface area contributed by atoms with Crippen molar-refractivity contribution in [2.75, 3.05) is 19.6 Å². The number of nitrogens with one attached hydrogen (secondary N) is 2. The number of imidazole rings is 1. The number of rotatable bonds is 5. The minimum Gasteiger partial charge on any atom is -0.477 e. The molecule has 1 unspecified atom stereocenters. The molecule has 0 bridgehead atoms. The largest absolute Gasteiger partial charge is 0.477 e. The van der Waals surface area contributed by atoms with E-state index in [0.717, 1.165) is 13.1 Å². The van der Waals surface area contributed by atoms with Gasteiger partial charge in [-0.25, -0.2) is 9.78 Å². The number of piperidine rings is 1. The highest BCUT2D eigenvalue weighted by molar-refractivity contribution is 6.02. The maximum atomic E-state index is 11.9. The Balaban J connectivity index is 1.88. The predicted octanol–water partition coefficient (Wildman–Crippen LogP) is 0.712. The highest BCUT2D eigenvalue weighted by Gasteiger charge is 2.21. The van der Waals surface area contributed by atoms with Crippen molar-refractivity contribution in [1.29, 1.82) is 0 Å². The van der Waals surface area contributed by atoms with Gasteiger partial charge in [-0.1, -0.05) is 6.42 Å². The number of carboxylic acids is 1. The summed E-state index contributed by atoms with van der Waals surface area (Å²) in [5.74, 6) is -1.63. The molecule has 110 valence electrons. The van der Waals surface area contributed by atoms with Gasteiger partial charge >= 0.3 is 5.97 Å². The van der Waals surface area contributed by atoms with Crippen LogP contribution in [0.4, 0.5) is 0 Å². The normalized spacial score (nSPS) is 17.6. The first-order chi connectivity index (χ1) is 9.59. The zero-order chi connectivity index (χ0) is 14.5. The molecule has 0 spiro atoms. The maximum absolute atomic E-state index is 11.9. The van der Waals surface area contributed by atoms with Crippen LogP contribution in [0.25, 0.3) is 0 Å². The average Bonchev–Trinajstić information content (AvgIpc) is 2.95. The van der Waals surface area contributed by atoms with Crippen LogP contribution < -0.4 is 5.32 Å². The van der Waals surface area contributed by atoms with E-state index in [1.165, 1.54) is 25.6 Å². The van der Waals surface area contributed by atoms with Crippen LogP contribution in [0.5, 0.6) is 0 Å². The summed E-state index contributed by atoms with van der Waals surface area (Å²) in [7, 11) is 0. The number of carbonyl (C=O) groups is 2. The molecule has 20 heavy (non-hydrogen) atoms. The smallest absolute Gasteiger partial charge is 0.354 e. The van der Waals surface area contributed by atoms with Crippen LogP contribution in [0.3, 0.4) is 0 Å². The van der Waals surface area contributed by atoms with E-state index in [-0.39, 0.29) is 17.4 Å². The molecule has 0 aliphatic carbocycles. The lowest BCUT2D eigenvalue weighted by atomic mass is 10.1. The van der Waals surface area contributed by atoms with Crippen molar-refractivity contribution in [3.63, 3.8) is 0 Å². The van der Waals surface area contributed by atoms with Gasteiger partial charge in [0.05, 0.1) is 6.33 Å². The number of aromatic carboxylic acids is 1. The van der Waals surface area contributed by atoms with Crippen molar-refractivity contribution in [2.45, 2.75) is 32.2 Å². The summed E-state index contributed by atoms with van der Waals surface area (Å²) in [5.41, 5.74) is -0.239. The molecule has 1 aromatic heterocycles. The van der Waals surface area contributed by atoms with Gasteiger partial charge in [-0.2, -0.15) is 0 Å². The SMILES string of the molecule is CC(CNC(=O)c1nc[nH]c1C(=O)O)N1CCCCC1.